The second kappa shape index (κ2) is 5.38. The van der Waals surface area contributed by atoms with Crippen LogP contribution in [0.4, 0.5) is 0 Å². The highest BCUT2D eigenvalue weighted by Crippen LogP contribution is 2.57. The van der Waals surface area contributed by atoms with E-state index in [9.17, 15) is 14.7 Å². The normalized spacial score (nSPS) is 44.2. The number of carbonyl (C=O) groups is 2. The Labute approximate surface area is 119 Å². The highest BCUT2D eigenvalue weighted by Gasteiger charge is 2.53. The van der Waals surface area contributed by atoms with E-state index in [2.05, 4.69) is 0 Å². The lowest BCUT2D eigenvalue weighted by molar-refractivity contribution is -0.144. The molecular weight excluding hydrogens is 256 g/mol. The Balaban J connectivity index is 1.68. The van der Waals surface area contributed by atoms with Gasteiger partial charge in [0.1, 0.15) is 0 Å². The van der Waals surface area contributed by atoms with Crippen molar-refractivity contribution in [3.8, 4) is 0 Å². The monoisotopic (exact) mass is 280 g/mol. The topological polar surface area (TPSA) is 74.6 Å². The molecule has 3 rings (SSSR count). The minimum Gasteiger partial charge on any atom is -0.481 e. The van der Waals surface area contributed by atoms with Crippen LogP contribution in [0.25, 0.3) is 0 Å². The zero-order chi connectivity index (χ0) is 14.3. The van der Waals surface area contributed by atoms with Crippen LogP contribution in [0.3, 0.4) is 0 Å². The molecule has 0 spiro atoms. The van der Waals surface area contributed by atoms with Gasteiger partial charge < -0.3 is 10.2 Å². The van der Waals surface area contributed by atoms with Gasteiger partial charge in [0.15, 0.2) is 0 Å². The maximum Gasteiger partial charge on any atom is 0.306 e. The standard InChI is InChI=1S/C16H24O4/c17-15(18)10-3-1-2-9(4-5-10)14-11-6-7-12(14)13(8-11)16(19)20/h9-14H,1-8H2,(H,17,18)(H,19,20). The van der Waals surface area contributed by atoms with Crippen molar-refractivity contribution in [3.05, 3.63) is 0 Å². The summed E-state index contributed by atoms with van der Waals surface area (Å²) in [5, 5.41) is 18.5. The minimum atomic E-state index is -0.650. The van der Waals surface area contributed by atoms with E-state index in [0.717, 1.165) is 44.9 Å². The van der Waals surface area contributed by atoms with E-state index < -0.39 is 11.9 Å². The lowest BCUT2D eigenvalue weighted by Gasteiger charge is -2.27. The summed E-state index contributed by atoms with van der Waals surface area (Å²) in [7, 11) is 0. The fraction of sp³-hybridized carbons (Fsp3) is 0.875. The average Bonchev–Trinajstić information content (AvgIpc) is 2.87. The average molecular weight is 280 g/mol. The van der Waals surface area contributed by atoms with Crippen molar-refractivity contribution in [2.45, 2.75) is 51.4 Å². The molecule has 20 heavy (non-hydrogen) atoms. The van der Waals surface area contributed by atoms with Crippen molar-refractivity contribution in [2.75, 3.05) is 0 Å². The molecule has 0 radical (unpaired) electrons. The van der Waals surface area contributed by atoms with Gasteiger partial charge in [0.2, 0.25) is 0 Å². The lowest BCUT2D eigenvalue weighted by Crippen LogP contribution is -2.24. The second-order valence-electron chi connectivity index (χ2n) is 7.06. The molecule has 4 nitrogen and oxygen atoms in total. The van der Waals surface area contributed by atoms with Crippen LogP contribution in [0.2, 0.25) is 0 Å². The Bertz CT molecular complexity index is 405. The lowest BCUT2D eigenvalue weighted by atomic mass is 9.78. The van der Waals surface area contributed by atoms with Gasteiger partial charge in [0.25, 0.3) is 0 Å². The van der Waals surface area contributed by atoms with Gasteiger partial charge in [-0.05, 0) is 62.2 Å². The van der Waals surface area contributed by atoms with E-state index in [-0.39, 0.29) is 11.8 Å². The van der Waals surface area contributed by atoms with Gasteiger partial charge in [-0.2, -0.15) is 0 Å². The first-order chi connectivity index (χ1) is 9.58. The molecule has 3 saturated carbocycles. The van der Waals surface area contributed by atoms with E-state index >= 15 is 0 Å². The largest absolute Gasteiger partial charge is 0.481 e. The maximum atomic E-state index is 11.4. The zero-order valence-electron chi connectivity index (χ0n) is 11.8. The fourth-order valence-electron chi connectivity index (χ4n) is 5.37. The molecule has 0 aromatic heterocycles. The van der Waals surface area contributed by atoms with Gasteiger partial charge in [-0.25, -0.2) is 0 Å². The van der Waals surface area contributed by atoms with Crippen LogP contribution in [0.15, 0.2) is 0 Å². The van der Waals surface area contributed by atoms with Crippen molar-refractivity contribution in [2.24, 2.45) is 35.5 Å². The molecule has 0 aliphatic heterocycles. The first-order valence-corrected chi connectivity index (χ1v) is 8.03. The highest BCUT2D eigenvalue weighted by atomic mass is 16.4. The van der Waals surface area contributed by atoms with Gasteiger partial charge in [-0.3, -0.25) is 9.59 Å². The van der Waals surface area contributed by atoms with Gasteiger partial charge in [-0.1, -0.05) is 12.8 Å². The molecule has 112 valence electrons. The van der Waals surface area contributed by atoms with Crippen molar-refractivity contribution in [3.63, 3.8) is 0 Å². The highest BCUT2D eigenvalue weighted by molar-refractivity contribution is 5.71. The number of aliphatic carboxylic acids is 2. The third-order valence-corrected chi connectivity index (χ3v) is 6.21. The molecule has 0 aromatic rings. The molecule has 2 N–H and O–H groups in total. The fourth-order valence-corrected chi connectivity index (χ4v) is 5.37. The Morgan fingerprint density at radius 3 is 2.20 bits per heavy atom. The van der Waals surface area contributed by atoms with E-state index in [1.165, 1.54) is 6.42 Å². The molecule has 0 aromatic carbocycles. The Hall–Kier alpha value is -1.06. The molecule has 3 aliphatic rings. The number of hydrogen-bond acceptors (Lipinski definition) is 2. The van der Waals surface area contributed by atoms with Crippen LogP contribution in [0, 0.1) is 35.5 Å². The zero-order valence-corrected chi connectivity index (χ0v) is 11.8. The van der Waals surface area contributed by atoms with Crippen LogP contribution in [0.1, 0.15) is 51.4 Å². The Morgan fingerprint density at radius 2 is 1.55 bits per heavy atom. The number of carboxylic acid groups (broad SMARTS) is 2. The summed E-state index contributed by atoms with van der Waals surface area (Å²) in [6.45, 7) is 0. The molecule has 3 aliphatic carbocycles. The Morgan fingerprint density at radius 1 is 0.800 bits per heavy atom. The minimum absolute atomic E-state index is 0.128. The second-order valence-corrected chi connectivity index (χ2v) is 7.06. The van der Waals surface area contributed by atoms with Gasteiger partial charge in [-0.15, -0.1) is 0 Å². The SMILES string of the molecule is O=C(O)C1CCCC(C2C3CCC2C(C(=O)O)C3)CC1. The summed E-state index contributed by atoms with van der Waals surface area (Å²) in [6.07, 6.45) is 7.81. The summed E-state index contributed by atoms with van der Waals surface area (Å²) < 4.78 is 0. The maximum absolute atomic E-state index is 11.4. The van der Waals surface area contributed by atoms with Crippen molar-refractivity contribution < 1.29 is 19.8 Å². The molecule has 6 atom stereocenters. The van der Waals surface area contributed by atoms with E-state index in [4.69, 9.17) is 5.11 Å². The van der Waals surface area contributed by atoms with Gasteiger partial charge >= 0.3 is 11.9 Å². The molecule has 0 amide bonds. The van der Waals surface area contributed by atoms with Crippen molar-refractivity contribution in [1.29, 1.82) is 0 Å². The van der Waals surface area contributed by atoms with E-state index in [0.29, 0.717) is 23.7 Å². The third-order valence-electron chi connectivity index (χ3n) is 6.21. The first kappa shape index (κ1) is 13.9. The van der Waals surface area contributed by atoms with Gasteiger partial charge in [0.05, 0.1) is 11.8 Å². The van der Waals surface area contributed by atoms with E-state index in [1.54, 1.807) is 0 Å². The predicted molar refractivity (Wildman–Crippen MR) is 73.1 cm³/mol. The van der Waals surface area contributed by atoms with Crippen LogP contribution in [-0.4, -0.2) is 22.2 Å². The summed E-state index contributed by atoms with van der Waals surface area (Å²) in [6, 6.07) is 0. The molecule has 2 bridgehead atoms. The Kier molecular flexibility index (Phi) is 3.74. The molecular formula is C16H24O4. The number of rotatable bonds is 3. The van der Waals surface area contributed by atoms with Crippen LogP contribution >= 0.6 is 0 Å². The molecule has 0 saturated heterocycles. The third kappa shape index (κ3) is 2.33. The first-order valence-electron chi connectivity index (χ1n) is 8.03. The quantitative estimate of drug-likeness (QED) is 0.779. The van der Waals surface area contributed by atoms with Crippen molar-refractivity contribution >= 4 is 11.9 Å². The van der Waals surface area contributed by atoms with Crippen LogP contribution in [0.5, 0.6) is 0 Å². The van der Waals surface area contributed by atoms with E-state index in [1.807, 2.05) is 0 Å². The predicted octanol–water partition coefficient (Wildman–Crippen LogP) is 3.01. The van der Waals surface area contributed by atoms with Crippen molar-refractivity contribution in [1.82, 2.24) is 0 Å². The van der Waals surface area contributed by atoms with Crippen LogP contribution in [-0.2, 0) is 9.59 Å². The number of carboxylic acids is 2. The van der Waals surface area contributed by atoms with Crippen LogP contribution < -0.4 is 0 Å². The smallest absolute Gasteiger partial charge is 0.306 e. The summed E-state index contributed by atoms with van der Waals surface area (Å²) in [5.74, 6) is 0.524. The number of hydrogen-bond donors (Lipinski definition) is 2. The molecule has 4 heteroatoms. The van der Waals surface area contributed by atoms with Gasteiger partial charge in [0, 0.05) is 0 Å². The summed E-state index contributed by atoms with van der Waals surface area (Å²) in [4.78, 5) is 22.5. The molecule has 6 unspecified atom stereocenters. The molecule has 3 fully saturated rings. The summed E-state index contributed by atoms with van der Waals surface area (Å²) in [5.41, 5.74) is 0. The summed E-state index contributed by atoms with van der Waals surface area (Å²) >= 11 is 0. The number of fused-ring (bicyclic) bond motifs is 2. The molecule has 0 heterocycles.